The number of hydrogen-bond donors (Lipinski definition) is 1. The number of methoxy groups -OCH3 is 1. The standard InChI is InChI=1S/C8H7F4NO2/c1-14-5-2-4(13)3-6(7(5)9)15-8(10,11)12/h2-3H,13H2,1H3. The SMILES string of the molecule is COc1cc(N)cc(OC(F)(F)F)c1F. The number of halogens is 4. The molecule has 0 atom stereocenters. The molecule has 7 heteroatoms. The van der Waals surface area contributed by atoms with Gasteiger partial charge in [-0.2, -0.15) is 4.39 Å². The molecule has 0 radical (unpaired) electrons. The molecule has 0 bridgehead atoms. The molecule has 15 heavy (non-hydrogen) atoms. The van der Waals surface area contributed by atoms with Gasteiger partial charge in [0.15, 0.2) is 11.5 Å². The number of nitrogens with two attached hydrogens (primary N) is 1. The molecule has 3 nitrogen and oxygen atoms in total. The van der Waals surface area contributed by atoms with Crippen LogP contribution in [0.2, 0.25) is 0 Å². The molecule has 0 aromatic heterocycles. The highest BCUT2D eigenvalue weighted by atomic mass is 19.4. The van der Waals surface area contributed by atoms with E-state index in [0.717, 1.165) is 19.2 Å². The van der Waals surface area contributed by atoms with E-state index in [-0.39, 0.29) is 5.69 Å². The van der Waals surface area contributed by atoms with Crippen LogP contribution in [0.4, 0.5) is 23.2 Å². The number of benzene rings is 1. The Balaban J connectivity index is 3.12. The summed E-state index contributed by atoms with van der Waals surface area (Å²) in [5.74, 6) is -2.67. The maximum absolute atomic E-state index is 13.2. The second-order valence-electron chi connectivity index (χ2n) is 2.58. The monoisotopic (exact) mass is 225 g/mol. The average molecular weight is 225 g/mol. The Labute approximate surface area is 82.4 Å². The van der Waals surface area contributed by atoms with Gasteiger partial charge in [0, 0.05) is 17.8 Å². The smallest absolute Gasteiger partial charge is 0.493 e. The highest BCUT2D eigenvalue weighted by Gasteiger charge is 2.33. The average Bonchev–Trinajstić information content (AvgIpc) is 2.08. The highest BCUT2D eigenvalue weighted by Crippen LogP contribution is 2.33. The van der Waals surface area contributed by atoms with Gasteiger partial charge in [-0.25, -0.2) is 0 Å². The molecule has 1 rings (SSSR count). The molecule has 1 aromatic rings. The predicted molar refractivity (Wildman–Crippen MR) is 44.0 cm³/mol. The Morgan fingerprint density at radius 2 is 1.73 bits per heavy atom. The van der Waals surface area contributed by atoms with E-state index in [0.29, 0.717) is 0 Å². The summed E-state index contributed by atoms with van der Waals surface area (Å²) in [4.78, 5) is 0. The molecule has 0 amide bonds. The lowest BCUT2D eigenvalue weighted by Gasteiger charge is -2.12. The van der Waals surface area contributed by atoms with Crippen LogP contribution >= 0.6 is 0 Å². The van der Waals surface area contributed by atoms with Gasteiger partial charge in [-0.15, -0.1) is 13.2 Å². The van der Waals surface area contributed by atoms with Crippen molar-refractivity contribution in [3.8, 4) is 11.5 Å². The third-order valence-electron chi connectivity index (χ3n) is 1.47. The highest BCUT2D eigenvalue weighted by molar-refractivity contribution is 5.51. The van der Waals surface area contributed by atoms with Crippen molar-refractivity contribution in [1.82, 2.24) is 0 Å². The van der Waals surface area contributed by atoms with E-state index in [4.69, 9.17) is 5.73 Å². The number of alkyl halides is 3. The predicted octanol–water partition coefficient (Wildman–Crippen LogP) is 2.32. The summed E-state index contributed by atoms with van der Waals surface area (Å²) in [6.45, 7) is 0. The first-order valence-corrected chi connectivity index (χ1v) is 3.72. The van der Waals surface area contributed by atoms with E-state index in [1.54, 1.807) is 0 Å². The van der Waals surface area contributed by atoms with Crippen molar-refractivity contribution in [3.63, 3.8) is 0 Å². The van der Waals surface area contributed by atoms with Gasteiger partial charge in [-0.05, 0) is 0 Å². The van der Waals surface area contributed by atoms with Crippen LogP contribution in [0.15, 0.2) is 12.1 Å². The zero-order chi connectivity index (χ0) is 11.6. The van der Waals surface area contributed by atoms with Gasteiger partial charge < -0.3 is 15.2 Å². The summed E-state index contributed by atoms with van der Waals surface area (Å²) in [6.07, 6.45) is -4.97. The number of nitrogen functional groups attached to an aromatic ring is 1. The fraction of sp³-hybridized carbons (Fsp3) is 0.250. The van der Waals surface area contributed by atoms with Crippen LogP contribution in [0.1, 0.15) is 0 Å². The van der Waals surface area contributed by atoms with Crippen molar-refractivity contribution in [2.24, 2.45) is 0 Å². The minimum atomic E-state index is -4.97. The Hall–Kier alpha value is -1.66. The molecule has 0 aliphatic carbocycles. The van der Waals surface area contributed by atoms with Gasteiger partial charge in [0.1, 0.15) is 0 Å². The van der Waals surface area contributed by atoms with Crippen molar-refractivity contribution < 1.29 is 27.0 Å². The third kappa shape index (κ3) is 2.90. The van der Waals surface area contributed by atoms with Gasteiger partial charge in [0.25, 0.3) is 0 Å². The summed E-state index contributed by atoms with van der Waals surface area (Å²) >= 11 is 0. The lowest BCUT2D eigenvalue weighted by atomic mass is 10.2. The molecular weight excluding hydrogens is 218 g/mol. The Kier molecular flexibility index (Phi) is 2.92. The minimum Gasteiger partial charge on any atom is -0.493 e. The van der Waals surface area contributed by atoms with Gasteiger partial charge in [0.2, 0.25) is 5.82 Å². The van der Waals surface area contributed by atoms with Crippen molar-refractivity contribution in [3.05, 3.63) is 17.9 Å². The van der Waals surface area contributed by atoms with Crippen molar-refractivity contribution in [2.75, 3.05) is 12.8 Å². The normalized spacial score (nSPS) is 11.3. The number of ether oxygens (including phenoxy) is 2. The Morgan fingerprint density at radius 1 is 1.20 bits per heavy atom. The fourth-order valence-electron chi connectivity index (χ4n) is 0.940. The van der Waals surface area contributed by atoms with Crippen LogP contribution in [0.5, 0.6) is 11.5 Å². The first-order valence-electron chi connectivity index (χ1n) is 3.72. The Morgan fingerprint density at radius 3 is 2.20 bits per heavy atom. The fourth-order valence-corrected chi connectivity index (χ4v) is 0.940. The molecule has 0 heterocycles. The van der Waals surface area contributed by atoms with E-state index in [9.17, 15) is 17.6 Å². The lowest BCUT2D eigenvalue weighted by molar-refractivity contribution is -0.275. The summed E-state index contributed by atoms with van der Waals surface area (Å²) in [6, 6.07) is 1.78. The van der Waals surface area contributed by atoms with Crippen LogP contribution in [-0.2, 0) is 0 Å². The Bertz CT molecular complexity index is 364. The van der Waals surface area contributed by atoms with Crippen molar-refractivity contribution in [2.45, 2.75) is 6.36 Å². The topological polar surface area (TPSA) is 44.5 Å². The van der Waals surface area contributed by atoms with Crippen LogP contribution in [0, 0.1) is 5.82 Å². The number of rotatable bonds is 2. The second-order valence-corrected chi connectivity index (χ2v) is 2.58. The van der Waals surface area contributed by atoms with Crippen LogP contribution in [-0.4, -0.2) is 13.5 Å². The summed E-state index contributed by atoms with van der Waals surface area (Å²) in [7, 11) is 1.11. The molecule has 0 fully saturated rings. The number of hydrogen-bond acceptors (Lipinski definition) is 3. The maximum Gasteiger partial charge on any atom is 0.573 e. The molecule has 0 aliphatic rings. The summed E-state index contributed by atoms with van der Waals surface area (Å²) < 4.78 is 56.5. The minimum absolute atomic E-state index is 0.0903. The van der Waals surface area contributed by atoms with Gasteiger partial charge in [-0.3, -0.25) is 0 Å². The molecule has 84 valence electrons. The van der Waals surface area contributed by atoms with Crippen LogP contribution in [0.3, 0.4) is 0 Å². The van der Waals surface area contributed by atoms with E-state index < -0.39 is 23.7 Å². The van der Waals surface area contributed by atoms with Gasteiger partial charge in [0.05, 0.1) is 7.11 Å². The first-order chi connectivity index (χ1) is 6.83. The van der Waals surface area contributed by atoms with Crippen LogP contribution in [0.25, 0.3) is 0 Å². The third-order valence-corrected chi connectivity index (χ3v) is 1.47. The van der Waals surface area contributed by atoms with E-state index in [2.05, 4.69) is 9.47 Å². The van der Waals surface area contributed by atoms with Gasteiger partial charge in [-0.1, -0.05) is 0 Å². The van der Waals surface area contributed by atoms with Crippen molar-refractivity contribution in [1.29, 1.82) is 0 Å². The van der Waals surface area contributed by atoms with Gasteiger partial charge >= 0.3 is 6.36 Å². The van der Waals surface area contributed by atoms with Crippen molar-refractivity contribution >= 4 is 5.69 Å². The van der Waals surface area contributed by atoms with E-state index in [1.807, 2.05) is 0 Å². The zero-order valence-corrected chi connectivity index (χ0v) is 7.56. The second kappa shape index (κ2) is 3.84. The molecule has 0 saturated carbocycles. The molecule has 0 saturated heterocycles. The number of anilines is 1. The zero-order valence-electron chi connectivity index (χ0n) is 7.56. The van der Waals surface area contributed by atoms with E-state index >= 15 is 0 Å². The molecular formula is C8H7F4NO2. The largest absolute Gasteiger partial charge is 0.573 e. The maximum atomic E-state index is 13.2. The molecule has 0 unspecified atom stereocenters. The molecule has 2 N–H and O–H groups in total. The molecule has 1 aromatic carbocycles. The van der Waals surface area contributed by atoms with Crippen LogP contribution < -0.4 is 15.2 Å². The summed E-state index contributed by atoms with van der Waals surface area (Å²) in [5, 5.41) is 0. The summed E-state index contributed by atoms with van der Waals surface area (Å²) in [5.41, 5.74) is 5.14. The quantitative estimate of drug-likeness (QED) is 0.620. The lowest BCUT2D eigenvalue weighted by Crippen LogP contribution is -2.18. The first kappa shape index (κ1) is 11.4. The molecule has 0 spiro atoms. The van der Waals surface area contributed by atoms with E-state index in [1.165, 1.54) is 0 Å². The molecule has 0 aliphatic heterocycles.